The van der Waals surface area contributed by atoms with Crippen molar-refractivity contribution in [3.63, 3.8) is 0 Å². The number of anilines is 1. The van der Waals surface area contributed by atoms with Crippen LogP contribution in [0.3, 0.4) is 0 Å². The zero-order valence-corrected chi connectivity index (χ0v) is 13.5. The summed E-state index contributed by atoms with van der Waals surface area (Å²) in [6.45, 7) is 4.17. The molecular formula is C18H18N2O4. The normalized spacial score (nSPS) is 10.6. The molecule has 0 bridgehead atoms. The smallest absolute Gasteiger partial charge is 0.296 e. The molecule has 124 valence electrons. The molecule has 0 amide bonds. The van der Waals surface area contributed by atoms with Crippen molar-refractivity contribution in [2.45, 2.75) is 13.8 Å². The number of rotatable bonds is 7. The number of hydrogen-bond acceptors (Lipinski definition) is 5. The van der Waals surface area contributed by atoms with Crippen LogP contribution in [0.1, 0.15) is 22.8 Å². The van der Waals surface area contributed by atoms with Gasteiger partial charge in [-0.05, 0) is 26.0 Å². The number of nitro groups is 1. The van der Waals surface area contributed by atoms with Crippen LogP contribution in [0.15, 0.2) is 54.7 Å². The molecule has 0 atom stereocenters. The number of allylic oxidation sites excluding steroid dienone is 1. The summed E-state index contributed by atoms with van der Waals surface area (Å²) < 4.78 is 5.26. The molecule has 0 saturated heterocycles. The lowest BCUT2D eigenvalue weighted by atomic mass is 10.1. The summed E-state index contributed by atoms with van der Waals surface area (Å²) in [4.78, 5) is 22.7. The fraction of sp³-hybridized carbons (Fsp3) is 0.167. The molecule has 6 nitrogen and oxygen atoms in total. The average Bonchev–Trinajstić information content (AvgIpc) is 2.56. The summed E-state index contributed by atoms with van der Waals surface area (Å²) in [5.74, 6) is 0.241. The molecule has 2 aromatic rings. The number of ether oxygens (including phenoxy) is 1. The molecule has 0 fully saturated rings. The highest BCUT2D eigenvalue weighted by Gasteiger charge is 2.14. The molecule has 0 saturated carbocycles. The Morgan fingerprint density at radius 3 is 2.58 bits per heavy atom. The first-order valence-electron chi connectivity index (χ1n) is 7.46. The first kappa shape index (κ1) is 17.2. The van der Waals surface area contributed by atoms with Crippen LogP contribution in [-0.2, 0) is 0 Å². The number of nitrogens with zero attached hydrogens (tertiary/aromatic N) is 1. The van der Waals surface area contributed by atoms with E-state index in [9.17, 15) is 14.9 Å². The van der Waals surface area contributed by atoms with E-state index in [1.165, 1.54) is 18.3 Å². The van der Waals surface area contributed by atoms with Crippen LogP contribution >= 0.6 is 0 Å². The van der Waals surface area contributed by atoms with Crippen LogP contribution in [-0.4, -0.2) is 17.3 Å². The molecule has 2 rings (SSSR count). The number of carbonyl (C=O) groups excluding carboxylic acids is 1. The first-order valence-corrected chi connectivity index (χ1v) is 7.46. The van der Waals surface area contributed by atoms with E-state index in [-0.39, 0.29) is 17.2 Å². The molecule has 0 unspecified atom stereocenters. The third-order valence-corrected chi connectivity index (χ3v) is 3.29. The molecule has 0 radical (unpaired) electrons. The molecule has 24 heavy (non-hydrogen) atoms. The molecule has 0 aliphatic rings. The van der Waals surface area contributed by atoms with Gasteiger partial charge in [-0.3, -0.25) is 14.9 Å². The lowest BCUT2D eigenvalue weighted by Gasteiger charge is -2.06. The van der Waals surface area contributed by atoms with Crippen molar-refractivity contribution in [2.24, 2.45) is 0 Å². The van der Waals surface area contributed by atoms with Crippen LogP contribution < -0.4 is 10.1 Å². The van der Waals surface area contributed by atoms with Crippen molar-refractivity contribution in [2.75, 3.05) is 11.9 Å². The van der Waals surface area contributed by atoms with Crippen LogP contribution in [0.25, 0.3) is 0 Å². The van der Waals surface area contributed by atoms with Crippen molar-refractivity contribution in [1.82, 2.24) is 0 Å². The van der Waals surface area contributed by atoms with Gasteiger partial charge in [-0.1, -0.05) is 29.8 Å². The summed E-state index contributed by atoms with van der Waals surface area (Å²) in [6, 6.07) is 11.7. The second-order valence-electron chi connectivity index (χ2n) is 5.08. The van der Waals surface area contributed by atoms with Gasteiger partial charge in [0.25, 0.3) is 5.69 Å². The monoisotopic (exact) mass is 326 g/mol. The number of carbonyl (C=O) groups is 1. The van der Waals surface area contributed by atoms with E-state index < -0.39 is 4.92 Å². The number of ketones is 1. The Morgan fingerprint density at radius 2 is 1.96 bits per heavy atom. The Morgan fingerprint density at radius 1 is 1.25 bits per heavy atom. The highest BCUT2D eigenvalue weighted by atomic mass is 16.6. The topological polar surface area (TPSA) is 81.5 Å². The van der Waals surface area contributed by atoms with E-state index in [0.717, 1.165) is 5.56 Å². The quantitative estimate of drug-likeness (QED) is 0.358. The summed E-state index contributed by atoms with van der Waals surface area (Å²) >= 11 is 0. The van der Waals surface area contributed by atoms with E-state index in [2.05, 4.69) is 5.32 Å². The lowest BCUT2D eigenvalue weighted by Crippen LogP contribution is -2.00. The Bertz CT molecular complexity index is 767. The van der Waals surface area contributed by atoms with Gasteiger partial charge in [0.05, 0.1) is 17.6 Å². The fourth-order valence-electron chi connectivity index (χ4n) is 2.06. The van der Waals surface area contributed by atoms with Gasteiger partial charge in [0, 0.05) is 17.8 Å². The van der Waals surface area contributed by atoms with Crippen molar-refractivity contribution in [1.29, 1.82) is 0 Å². The minimum atomic E-state index is -0.500. The van der Waals surface area contributed by atoms with E-state index in [0.29, 0.717) is 17.9 Å². The van der Waals surface area contributed by atoms with Crippen molar-refractivity contribution >= 4 is 17.2 Å². The number of hydrogen-bond donors (Lipinski definition) is 1. The summed E-state index contributed by atoms with van der Waals surface area (Å²) in [5.41, 5.74) is 1.79. The number of nitro benzene ring substituents is 1. The predicted octanol–water partition coefficient (Wildman–Crippen LogP) is 4.11. The highest BCUT2D eigenvalue weighted by Crippen LogP contribution is 2.29. The zero-order chi connectivity index (χ0) is 17.5. The maximum atomic E-state index is 12.0. The summed E-state index contributed by atoms with van der Waals surface area (Å²) in [6.07, 6.45) is 2.73. The molecule has 6 heteroatoms. The van der Waals surface area contributed by atoms with Gasteiger partial charge in [0.1, 0.15) is 11.4 Å². The maximum Gasteiger partial charge on any atom is 0.296 e. The molecule has 0 heterocycles. The Balaban J connectivity index is 2.11. The van der Waals surface area contributed by atoms with Gasteiger partial charge >= 0.3 is 0 Å². The molecule has 2 aromatic carbocycles. The van der Waals surface area contributed by atoms with Crippen molar-refractivity contribution in [3.05, 3.63) is 76.0 Å². The van der Waals surface area contributed by atoms with Gasteiger partial charge in [-0.15, -0.1) is 0 Å². The molecular weight excluding hydrogens is 308 g/mol. The van der Waals surface area contributed by atoms with E-state index >= 15 is 0 Å². The van der Waals surface area contributed by atoms with Gasteiger partial charge in [-0.25, -0.2) is 0 Å². The van der Waals surface area contributed by atoms with Crippen molar-refractivity contribution < 1.29 is 14.5 Å². The standard InChI is InChI=1S/C18H18N2O4/c1-3-24-15-8-9-16(17(12-15)20(22)23)19-11-10-18(21)14-6-4-13(2)5-7-14/h4-12,19H,3H2,1-2H3. The second kappa shape index (κ2) is 7.92. The van der Waals surface area contributed by atoms with Crippen LogP contribution in [0.4, 0.5) is 11.4 Å². The minimum absolute atomic E-state index is 0.117. The number of nitrogens with one attached hydrogen (secondary N) is 1. The Labute approximate surface area is 139 Å². The van der Waals surface area contributed by atoms with E-state index in [4.69, 9.17) is 4.74 Å². The first-order chi connectivity index (χ1) is 11.5. The van der Waals surface area contributed by atoms with Gasteiger partial charge in [0.2, 0.25) is 0 Å². The molecule has 1 N–H and O–H groups in total. The highest BCUT2D eigenvalue weighted by molar-refractivity contribution is 6.04. The molecule has 0 aromatic heterocycles. The maximum absolute atomic E-state index is 12.0. The van der Waals surface area contributed by atoms with Crippen LogP contribution in [0.5, 0.6) is 5.75 Å². The Hall–Kier alpha value is -3.15. The molecule has 0 aliphatic carbocycles. The van der Waals surface area contributed by atoms with Gasteiger partial charge in [-0.2, -0.15) is 0 Å². The van der Waals surface area contributed by atoms with Crippen LogP contribution in [0.2, 0.25) is 0 Å². The SMILES string of the molecule is CCOc1ccc(NC=CC(=O)c2ccc(C)cc2)c([N+](=O)[O-])c1. The van der Waals surface area contributed by atoms with Crippen molar-refractivity contribution in [3.8, 4) is 5.75 Å². The number of aryl methyl sites for hydroxylation is 1. The zero-order valence-electron chi connectivity index (χ0n) is 13.5. The molecule has 0 spiro atoms. The van der Waals surface area contributed by atoms with Gasteiger partial charge in [0.15, 0.2) is 5.78 Å². The third-order valence-electron chi connectivity index (χ3n) is 3.29. The van der Waals surface area contributed by atoms with Crippen LogP contribution in [0, 0.1) is 17.0 Å². The van der Waals surface area contributed by atoms with Gasteiger partial charge < -0.3 is 10.1 Å². The lowest BCUT2D eigenvalue weighted by molar-refractivity contribution is -0.384. The third kappa shape index (κ3) is 4.42. The minimum Gasteiger partial charge on any atom is -0.494 e. The average molecular weight is 326 g/mol. The summed E-state index contributed by atoms with van der Waals surface area (Å²) in [7, 11) is 0. The fourth-order valence-corrected chi connectivity index (χ4v) is 2.06. The molecule has 0 aliphatic heterocycles. The summed E-state index contributed by atoms with van der Waals surface area (Å²) in [5, 5.41) is 13.9. The largest absolute Gasteiger partial charge is 0.494 e. The van der Waals surface area contributed by atoms with E-state index in [1.807, 2.05) is 19.1 Å². The second-order valence-corrected chi connectivity index (χ2v) is 5.08. The predicted molar refractivity (Wildman–Crippen MR) is 92.5 cm³/mol. The number of benzene rings is 2. The Kier molecular flexibility index (Phi) is 5.68. The van der Waals surface area contributed by atoms with E-state index in [1.54, 1.807) is 31.2 Å².